The molecule has 0 bridgehead atoms. The molecule has 1 heterocycles. The maximum atomic E-state index is 12.1. The first-order valence-corrected chi connectivity index (χ1v) is 6.25. The molecule has 0 saturated carbocycles. The van der Waals surface area contributed by atoms with Gasteiger partial charge in [-0.05, 0) is 18.6 Å². The minimum atomic E-state index is -1.05. The molecule has 1 aromatic heterocycles. The normalized spacial score (nSPS) is 11.8. The predicted octanol–water partition coefficient (Wildman–Crippen LogP) is 1.47. The Kier molecular flexibility index (Phi) is 4.14. The Labute approximate surface area is 116 Å². The van der Waals surface area contributed by atoms with E-state index in [1.807, 2.05) is 30.3 Å². The lowest BCUT2D eigenvalue weighted by Gasteiger charge is -2.13. The lowest BCUT2D eigenvalue weighted by Crippen LogP contribution is -2.40. The summed E-state index contributed by atoms with van der Waals surface area (Å²) in [6.45, 7) is 1.70. The summed E-state index contributed by atoms with van der Waals surface area (Å²) >= 11 is 0. The van der Waals surface area contributed by atoms with Gasteiger partial charge in [0.05, 0.1) is 12.5 Å². The standard InChI is InChI=1S/C14H15N3O3/c1-2-11(14(19)20)16-13(18)12-8-15-9-17(12)10-6-4-3-5-7-10/h3-9,11H,2H2,1H3,(H,16,18)(H,19,20)/t11-/m1/s1. The molecule has 1 atom stereocenters. The fourth-order valence-corrected chi connectivity index (χ4v) is 1.83. The van der Waals surface area contributed by atoms with Crippen molar-refractivity contribution < 1.29 is 14.7 Å². The number of hydrogen-bond donors (Lipinski definition) is 2. The molecule has 0 aliphatic heterocycles. The third kappa shape index (κ3) is 2.85. The third-order valence-electron chi connectivity index (χ3n) is 2.92. The van der Waals surface area contributed by atoms with Gasteiger partial charge >= 0.3 is 5.97 Å². The Morgan fingerprint density at radius 3 is 2.65 bits per heavy atom. The van der Waals surface area contributed by atoms with Crippen molar-refractivity contribution in [3.05, 3.63) is 48.5 Å². The summed E-state index contributed by atoms with van der Waals surface area (Å²) in [7, 11) is 0. The summed E-state index contributed by atoms with van der Waals surface area (Å²) in [6, 6.07) is 8.35. The summed E-state index contributed by atoms with van der Waals surface area (Å²) in [5, 5.41) is 11.4. The second-order valence-electron chi connectivity index (χ2n) is 4.26. The van der Waals surface area contributed by atoms with Crippen molar-refractivity contribution in [1.82, 2.24) is 14.9 Å². The molecule has 104 valence electrons. The number of nitrogens with zero attached hydrogens (tertiary/aromatic N) is 2. The molecule has 2 rings (SSSR count). The van der Waals surface area contributed by atoms with Crippen molar-refractivity contribution >= 4 is 11.9 Å². The number of rotatable bonds is 5. The number of aliphatic carboxylic acids is 1. The predicted molar refractivity (Wildman–Crippen MR) is 72.7 cm³/mol. The Morgan fingerprint density at radius 2 is 2.05 bits per heavy atom. The minimum absolute atomic E-state index is 0.302. The van der Waals surface area contributed by atoms with Crippen LogP contribution < -0.4 is 5.32 Å². The van der Waals surface area contributed by atoms with E-state index in [1.54, 1.807) is 11.5 Å². The zero-order valence-corrected chi connectivity index (χ0v) is 11.0. The van der Waals surface area contributed by atoms with Crippen LogP contribution in [0.1, 0.15) is 23.8 Å². The third-order valence-corrected chi connectivity index (χ3v) is 2.92. The number of carboxylic acids is 1. The van der Waals surface area contributed by atoms with Crippen molar-refractivity contribution in [2.75, 3.05) is 0 Å². The largest absolute Gasteiger partial charge is 0.480 e. The van der Waals surface area contributed by atoms with Crippen molar-refractivity contribution in [3.8, 4) is 5.69 Å². The van der Waals surface area contributed by atoms with Crippen LogP contribution in [0.5, 0.6) is 0 Å². The maximum Gasteiger partial charge on any atom is 0.326 e. The van der Waals surface area contributed by atoms with Crippen LogP contribution in [0.3, 0.4) is 0 Å². The smallest absolute Gasteiger partial charge is 0.326 e. The molecule has 20 heavy (non-hydrogen) atoms. The molecule has 1 aromatic carbocycles. The highest BCUT2D eigenvalue weighted by Gasteiger charge is 2.20. The number of imidazole rings is 1. The van der Waals surface area contributed by atoms with Crippen molar-refractivity contribution in [3.63, 3.8) is 0 Å². The van der Waals surface area contributed by atoms with Gasteiger partial charge in [0.1, 0.15) is 11.7 Å². The Morgan fingerprint density at radius 1 is 1.35 bits per heavy atom. The van der Waals surface area contributed by atoms with Crippen molar-refractivity contribution in [1.29, 1.82) is 0 Å². The van der Waals surface area contributed by atoms with Gasteiger partial charge in [0.2, 0.25) is 0 Å². The van der Waals surface area contributed by atoms with Crippen LogP contribution in [0.15, 0.2) is 42.9 Å². The second kappa shape index (κ2) is 6.01. The Balaban J connectivity index is 2.24. The number of carbonyl (C=O) groups excluding carboxylic acids is 1. The molecule has 0 unspecified atom stereocenters. The molecular formula is C14H15N3O3. The average molecular weight is 273 g/mol. The first kappa shape index (κ1) is 13.8. The molecule has 6 nitrogen and oxygen atoms in total. The topological polar surface area (TPSA) is 84.2 Å². The average Bonchev–Trinajstić information content (AvgIpc) is 2.94. The molecular weight excluding hydrogens is 258 g/mol. The molecule has 6 heteroatoms. The van der Waals surface area contributed by atoms with Crippen molar-refractivity contribution in [2.45, 2.75) is 19.4 Å². The van der Waals surface area contributed by atoms with E-state index < -0.39 is 17.9 Å². The number of carbonyl (C=O) groups is 2. The zero-order valence-electron chi connectivity index (χ0n) is 11.0. The first-order chi connectivity index (χ1) is 9.63. The maximum absolute atomic E-state index is 12.1. The van der Waals surface area contributed by atoms with E-state index in [0.717, 1.165) is 5.69 Å². The van der Waals surface area contributed by atoms with E-state index in [4.69, 9.17) is 5.11 Å². The number of hydrogen-bond acceptors (Lipinski definition) is 3. The molecule has 0 spiro atoms. The van der Waals surface area contributed by atoms with E-state index in [2.05, 4.69) is 10.3 Å². The van der Waals surface area contributed by atoms with Gasteiger partial charge in [0, 0.05) is 5.69 Å². The fraction of sp³-hybridized carbons (Fsp3) is 0.214. The number of aromatic nitrogens is 2. The molecule has 0 aliphatic carbocycles. The van der Waals surface area contributed by atoms with Crippen LogP contribution in [0.2, 0.25) is 0 Å². The summed E-state index contributed by atoms with van der Waals surface area (Å²) in [4.78, 5) is 27.0. The quantitative estimate of drug-likeness (QED) is 0.864. The molecule has 0 saturated heterocycles. The lowest BCUT2D eigenvalue weighted by atomic mass is 10.2. The van der Waals surface area contributed by atoms with Gasteiger partial charge in [-0.25, -0.2) is 9.78 Å². The molecule has 2 N–H and O–H groups in total. The van der Waals surface area contributed by atoms with E-state index in [0.29, 0.717) is 12.1 Å². The Hall–Kier alpha value is -2.63. The summed E-state index contributed by atoms with van der Waals surface area (Å²) in [5.74, 6) is -1.51. The number of amides is 1. The van der Waals surface area contributed by atoms with Gasteiger partial charge in [-0.3, -0.25) is 9.36 Å². The van der Waals surface area contributed by atoms with Crippen LogP contribution in [-0.4, -0.2) is 32.6 Å². The number of para-hydroxylation sites is 1. The van der Waals surface area contributed by atoms with Gasteiger partial charge in [0.25, 0.3) is 5.91 Å². The van der Waals surface area contributed by atoms with Gasteiger partial charge in [0.15, 0.2) is 0 Å². The highest BCUT2D eigenvalue weighted by Crippen LogP contribution is 2.11. The van der Waals surface area contributed by atoms with E-state index in [9.17, 15) is 9.59 Å². The van der Waals surface area contributed by atoms with Crippen LogP contribution in [0, 0.1) is 0 Å². The number of benzene rings is 1. The van der Waals surface area contributed by atoms with Gasteiger partial charge in [-0.2, -0.15) is 0 Å². The lowest BCUT2D eigenvalue weighted by molar-refractivity contribution is -0.139. The molecule has 2 aromatic rings. The summed E-state index contributed by atoms with van der Waals surface area (Å²) in [5.41, 5.74) is 1.09. The molecule has 0 aliphatic rings. The SMILES string of the molecule is CC[C@@H](NC(=O)c1cncn1-c1ccccc1)C(=O)O. The van der Waals surface area contributed by atoms with Crippen LogP contribution in [-0.2, 0) is 4.79 Å². The van der Waals surface area contributed by atoms with Crippen LogP contribution in [0.25, 0.3) is 5.69 Å². The monoisotopic (exact) mass is 273 g/mol. The van der Waals surface area contributed by atoms with E-state index >= 15 is 0 Å². The number of carboxylic acid groups (broad SMARTS) is 1. The van der Waals surface area contributed by atoms with Gasteiger partial charge in [-0.15, -0.1) is 0 Å². The van der Waals surface area contributed by atoms with Crippen LogP contribution in [0.4, 0.5) is 0 Å². The second-order valence-corrected chi connectivity index (χ2v) is 4.26. The van der Waals surface area contributed by atoms with Crippen molar-refractivity contribution in [2.24, 2.45) is 0 Å². The van der Waals surface area contributed by atoms with Gasteiger partial charge < -0.3 is 10.4 Å². The molecule has 0 fully saturated rings. The minimum Gasteiger partial charge on any atom is -0.480 e. The number of nitrogens with one attached hydrogen (secondary N) is 1. The van der Waals surface area contributed by atoms with E-state index in [-0.39, 0.29) is 0 Å². The molecule has 0 radical (unpaired) electrons. The first-order valence-electron chi connectivity index (χ1n) is 6.25. The van der Waals surface area contributed by atoms with Crippen LogP contribution >= 0.6 is 0 Å². The van der Waals surface area contributed by atoms with E-state index in [1.165, 1.54) is 12.5 Å². The summed E-state index contributed by atoms with van der Waals surface area (Å²) < 4.78 is 1.61. The highest BCUT2D eigenvalue weighted by atomic mass is 16.4. The fourth-order valence-electron chi connectivity index (χ4n) is 1.83. The van der Waals surface area contributed by atoms with Gasteiger partial charge in [-0.1, -0.05) is 25.1 Å². The Bertz CT molecular complexity index is 607. The highest BCUT2D eigenvalue weighted by molar-refractivity contribution is 5.95. The zero-order chi connectivity index (χ0) is 14.5. The molecule has 1 amide bonds. The summed E-state index contributed by atoms with van der Waals surface area (Å²) in [6.07, 6.45) is 3.25.